The smallest absolute Gasteiger partial charge is 0.325 e. The number of benzene rings is 1. The van der Waals surface area contributed by atoms with Crippen LogP contribution in [0.5, 0.6) is 0 Å². The maximum Gasteiger partial charge on any atom is 0.325 e. The molecular weight excluding hydrogens is 511 g/mol. The Kier molecular flexibility index (Phi) is 9.09. The lowest BCUT2D eigenvalue weighted by molar-refractivity contribution is -0.384. The molecule has 0 aliphatic rings. The van der Waals surface area contributed by atoms with Crippen LogP contribution in [0.15, 0.2) is 42.6 Å². The molecule has 0 bridgehead atoms. The molecule has 13 heteroatoms. The van der Waals surface area contributed by atoms with Crippen molar-refractivity contribution >= 4 is 52.4 Å². The van der Waals surface area contributed by atoms with Crippen molar-refractivity contribution in [3.05, 3.63) is 68.4 Å². The molecule has 36 heavy (non-hydrogen) atoms. The molecule has 3 aromatic rings. The fourth-order valence-corrected chi connectivity index (χ4v) is 3.98. The summed E-state index contributed by atoms with van der Waals surface area (Å²) < 4.78 is 6.63. The molecule has 0 fully saturated rings. The SMILES string of the molecule is CCOC(=O)CNC(=O)c1c(-c2ccc(Cl)cc2Cl)ccn1CCCNc1ccc([N+](=O)[O-])c(N)n1. The van der Waals surface area contributed by atoms with Crippen molar-refractivity contribution in [3.8, 4) is 11.1 Å². The van der Waals surface area contributed by atoms with Gasteiger partial charge in [-0.15, -0.1) is 0 Å². The molecule has 190 valence electrons. The van der Waals surface area contributed by atoms with E-state index in [2.05, 4.69) is 15.6 Å². The number of aromatic nitrogens is 2. The van der Waals surface area contributed by atoms with E-state index in [4.69, 9.17) is 33.7 Å². The molecule has 0 aliphatic carbocycles. The molecule has 1 aromatic carbocycles. The number of nitrogens with two attached hydrogens (primary N) is 1. The summed E-state index contributed by atoms with van der Waals surface area (Å²) in [5.74, 6) is -0.798. The average Bonchev–Trinajstić information content (AvgIpc) is 3.24. The van der Waals surface area contributed by atoms with Crippen molar-refractivity contribution in [1.82, 2.24) is 14.9 Å². The molecule has 3 rings (SSSR count). The molecule has 0 spiro atoms. The zero-order chi connectivity index (χ0) is 26.2. The Morgan fingerprint density at radius 1 is 1.19 bits per heavy atom. The Balaban J connectivity index is 1.75. The number of rotatable bonds is 11. The highest BCUT2D eigenvalue weighted by Gasteiger charge is 2.21. The number of anilines is 2. The van der Waals surface area contributed by atoms with E-state index in [1.807, 2.05) is 0 Å². The van der Waals surface area contributed by atoms with Gasteiger partial charge in [0.25, 0.3) is 5.91 Å². The zero-order valence-corrected chi connectivity index (χ0v) is 20.8. The van der Waals surface area contributed by atoms with E-state index in [1.54, 1.807) is 42.0 Å². The number of carbonyl (C=O) groups is 2. The van der Waals surface area contributed by atoms with Crippen LogP contribution in [0.3, 0.4) is 0 Å². The van der Waals surface area contributed by atoms with E-state index in [1.165, 1.54) is 12.1 Å². The number of ether oxygens (including phenoxy) is 1. The van der Waals surface area contributed by atoms with Crippen LogP contribution in [-0.4, -0.2) is 46.0 Å². The molecule has 0 atom stereocenters. The normalized spacial score (nSPS) is 10.6. The van der Waals surface area contributed by atoms with Crippen molar-refractivity contribution in [1.29, 1.82) is 0 Å². The first-order chi connectivity index (χ1) is 17.2. The van der Waals surface area contributed by atoms with Crippen LogP contribution in [0, 0.1) is 10.1 Å². The molecule has 0 saturated carbocycles. The second-order valence-electron chi connectivity index (χ2n) is 7.52. The number of nitrogens with zero attached hydrogens (tertiary/aromatic N) is 3. The van der Waals surface area contributed by atoms with Crippen LogP contribution in [0.2, 0.25) is 10.0 Å². The molecule has 0 unspecified atom stereocenters. The molecule has 1 amide bonds. The largest absolute Gasteiger partial charge is 0.465 e. The summed E-state index contributed by atoms with van der Waals surface area (Å²) >= 11 is 12.4. The number of pyridine rings is 1. The minimum atomic E-state index is -0.600. The summed E-state index contributed by atoms with van der Waals surface area (Å²) in [7, 11) is 0. The number of esters is 1. The van der Waals surface area contributed by atoms with Gasteiger partial charge in [-0.1, -0.05) is 29.3 Å². The van der Waals surface area contributed by atoms with Crippen LogP contribution >= 0.6 is 23.2 Å². The lowest BCUT2D eigenvalue weighted by atomic mass is 10.1. The van der Waals surface area contributed by atoms with Gasteiger partial charge in [0.1, 0.15) is 18.1 Å². The van der Waals surface area contributed by atoms with Crippen molar-refractivity contribution in [3.63, 3.8) is 0 Å². The number of hydrogen-bond acceptors (Lipinski definition) is 8. The minimum absolute atomic E-state index is 0.180. The number of hydrogen-bond donors (Lipinski definition) is 3. The third kappa shape index (κ3) is 6.64. The van der Waals surface area contributed by atoms with E-state index < -0.39 is 16.8 Å². The molecule has 0 aliphatic heterocycles. The maximum atomic E-state index is 13.1. The van der Waals surface area contributed by atoms with Crippen LogP contribution in [0.4, 0.5) is 17.3 Å². The zero-order valence-electron chi connectivity index (χ0n) is 19.3. The molecule has 2 aromatic heterocycles. The topological polar surface area (TPSA) is 154 Å². The second kappa shape index (κ2) is 12.2. The molecule has 4 N–H and O–H groups in total. The molecular formula is C23H24Cl2N6O5. The predicted molar refractivity (Wildman–Crippen MR) is 137 cm³/mol. The fraction of sp³-hybridized carbons (Fsp3) is 0.261. The third-order valence-electron chi connectivity index (χ3n) is 5.08. The summed E-state index contributed by atoms with van der Waals surface area (Å²) in [4.78, 5) is 39.1. The number of nitro groups is 1. The number of halogens is 2. The summed E-state index contributed by atoms with van der Waals surface area (Å²) in [6.45, 7) is 2.49. The first-order valence-corrected chi connectivity index (χ1v) is 11.7. The molecule has 2 heterocycles. The van der Waals surface area contributed by atoms with Crippen molar-refractivity contribution in [2.75, 3.05) is 30.7 Å². The summed E-state index contributed by atoms with van der Waals surface area (Å²) in [6, 6.07) is 9.50. The number of nitrogens with one attached hydrogen (secondary N) is 2. The Bertz CT molecular complexity index is 1280. The van der Waals surface area contributed by atoms with E-state index in [0.717, 1.165) is 0 Å². The number of aryl methyl sites for hydroxylation is 1. The van der Waals surface area contributed by atoms with Gasteiger partial charge >= 0.3 is 11.7 Å². The highest BCUT2D eigenvalue weighted by atomic mass is 35.5. The number of amides is 1. The number of nitrogen functional groups attached to an aromatic ring is 1. The van der Waals surface area contributed by atoms with Crippen molar-refractivity contribution in [2.24, 2.45) is 0 Å². The standard InChI is InChI=1S/C23H24Cl2N6O5/c1-2-36-20(32)13-28-23(33)21-16(15-5-4-14(24)12-17(15)25)8-11-30(21)10-3-9-27-19-7-6-18(31(34)35)22(26)29-19/h4-8,11-12H,2-3,9-10,13H2,1H3,(H,28,33)(H3,26,27,29). The molecule has 11 nitrogen and oxygen atoms in total. The van der Waals surface area contributed by atoms with E-state index in [-0.39, 0.29) is 24.7 Å². The summed E-state index contributed by atoms with van der Waals surface area (Å²) in [5.41, 5.74) is 6.88. The van der Waals surface area contributed by atoms with Gasteiger partial charge in [-0.3, -0.25) is 19.7 Å². The van der Waals surface area contributed by atoms with Gasteiger partial charge in [-0.05, 0) is 37.6 Å². The Labute approximate surface area is 216 Å². The monoisotopic (exact) mass is 534 g/mol. The maximum absolute atomic E-state index is 13.1. The van der Waals surface area contributed by atoms with E-state index in [0.29, 0.717) is 52.2 Å². The molecule has 0 radical (unpaired) electrons. The Morgan fingerprint density at radius 3 is 2.64 bits per heavy atom. The Hall–Kier alpha value is -3.83. The van der Waals surface area contributed by atoms with E-state index >= 15 is 0 Å². The van der Waals surface area contributed by atoms with Crippen molar-refractivity contribution in [2.45, 2.75) is 19.9 Å². The van der Waals surface area contributed by atoms with Gasteiger partial charge in [-0.2, -0.15) is 0 Å². The van der Waals surface area contributed by atoms with Crippen LogP contribution in [-0.2, 0) is 16.1 Å². The third-order valence-corrected chi connectivity index (χ3v) is 5.63. The molecule has 0 saturated heterocycles. The van der Waals surface area contributed by atoms with Gasteiger partial charge in [0.2, 0.25) is 5.82 Å². The Morgan fingerprint density at radius 2 is 1.97 bits per heavy atom. The minimum Gasteiger partial charge on any atom is -0.465 e. The van der Waals surface area contributed by atoms with Gasteiger partial charge in [0, 0.05) is 46.5 Å². The highest BCUT2D eigenvalue weighted by molar-refractivity contribution is 6.36. The van der Waals surface area contributed by atoms with Gasteiger partial charge in [0.05, 0.1) is 11.5 Å². The predicted octanol–water partition coefficient (Wildman–Crippen LogP) is 4.14. The lowest BCUT2D eigenvalue weighted by Crippen LogP contribution is -2.32. The second-order valence-corrected chi connectivity index (χ2v) is 8.37. The summed E-state index contributed by atoms with van der Waals surface area (Å²) in [5, 5.41) is 17.4. The fourth-order valence-electron chi connectivity index (χ4n) is 3.47. The average molecular weight is 535 g/mol. The first-order valence-electron chi connectivity index (χ1n) is 10.9. The van der Waals surface area contributed by atoms with Gasteiger partial charge in [0.15, 0.2) is 0 Å². The highest BCUT2D eigenvalue weighted by Crippen LogP contribution is 2.33. The lowest BCUT2D eigenvalue weighted by Gasteiger charge is -2.13. The summed E-state index contributed by atoms with van der Waals surface area (Å²) in [6.07, 6.45) is 2.32. The van der Waals surface area contributed by atoms with Crippen LogP contribution < -0.4 is 16.4 Å². The van der Waals surface area contributed by atoms with Crippen LogP contribution in [0.25, 0.3) is 11.1 Å². The quantitative estimate of drug-likeness (QED) is 0.143. The first kappa shape index (κ1) is 26.8. The van der Waals surface area contributed by atoms with Gasteiger partial charge in [-0.25, -0.2) is 4.98 Å². The van der Waals surface area contributed by atoms with Crippen molar-refractivity contribution < 1.29 is 19.2 Å². The van der Waals surface area contributed by atoms with Crippen LogP contribution in [0.1, 0.15) is 23.8 Å². The number of carbonyl (C=O) groups excluding carboxylic acids is 2. The van der Waals surface area contributed by atoms with E-state index in [9.17, 15) is 19.7 Å². The van der Waals surface area contributed by atoms with Gasteiger partial charge < -0.3 is 25.7 Å².